The third-order valence-corrected chi connectivity index (χ3v) is 7.58. The highest BCUT2D eigenvalue weighted by atomic mass is 16.5. The van der Waals surface area contributed by atoms with E-state index in [2.05, 4.69) is 18.2 Å². The molecule has 0 radical (unpaired) electrons. The molecule has 2 aromatic rings. The number of carbonyl (C=O) groups excluding carboxylic acids is 1. The number of ether oxygens (including phenoxy) is 3. The quantitative estimate of drug-likeness (QED) is 0.541. The first-order valence-electron chi connectivity index (χ1n) is 11.2. The molecule has 0 spiro atoms. The van der Waals surface area contributed by atoms with E-state index in [0.717, 1.165) is 43.8 Å². The molecule has 6 rings (SSSR count). The minimum atomic E-state index is -0.175. The molecular weight excluding hydrogens is 376 g/mol. The van der Waals surface area contributed by atoms with Crippen molar-refractivity contribution in [3.63, 3.8) is 0 Å². The van der Waals surface area contributed by atoms with Crippen LogP contribution in [0.1, 0.15) is 50.5 Å². The van der Waals surface area contributed by atoms with Crippen molar-refractivity contribution >= 4 is 5.97 Å². The van der Waals surface area contributed by atoms with Crippen LogP contribution in [-0.2, 0) is 19.9 Å². The molecule has 30 heavy (non-hydrogen) atoms. The molecule has 2 bridgehead atoms. The fourth-order valence-corrected chi connectivity index (χ4v) is 5.42. The van der Waals surface area contributed by atoms with Crippen molar-refractivity contribution in [1.29, 1.82) is 0 Å². The summed E-state index contributed by atoms with van der Waals surface area (Å²) < 4.78 is 17.5. The van der Waals surface area contributed by atoms with Crippen LogP contribution >= 0.6 is 0 Å². The molecule has 4 aliphatic rings. The van der Waals surface area contributed by atoms with Gasteiger partial charge in [0.05, 0.1) is 25.2 Å². The Morgan fingerprint density at radius 1 is 1.03 bits per heavy atom. The number of esters is 1. The molecule has 4 heteroatoms. The molecule has 0 aromatic heterocycles. The van der Waals surface area contributed by atoms with Gasteiger partial charge >= 0.3 is 5.97 Å². The molecule has 4 nitrogen and oxygen atoms in total. The van der Waals surface area contributed by atoms with E-state index in [-0.39, 0.29) is 17.5 Å². The Labute approximate surface area is 178 Å². The lowest BCUT2D eigenvalue weighted by atomic mass is 9.62. The summed E-state index contributed by atoms with van der Waals surface area (Å²) in [6.45, 7) is 0.826. The normalized spacial score (nSPS) is 31.9. The van der Waals surface area contributed by atoms with Gasteiger partial charge in [0.1, 0.15) is 11.5 Å². The van der Waals surface area contributed by atoms with Gasteiger partial charge < -0.3 is 14.2 Å². The predicted molar refractivity (Wildman–Crippen MR) is 114 cm³/mol. The second kappa shape index (κ2) is 7.73. The summed E-state index contributed by atoms with van der Waals surface area (Å²) in [5, 5.41) is 0. The molecule has 2 unspecified atom stereocenters. The monoisotopic (exact) mass is 406 g/mol. The van der Waals surface area contributed by atoms with Gasteiger partial charge in [0.2, 0.25) is 0 Å². The Balaban J connectivity index is 1.22. The predicted octanol–water partition coefficient (Wildman–Crippen LogP) is 5.85. The van der Waals surface area contributed by atoms with Gasteiger partial charge in [-0.05, 0) is 86.1 Å². The maximum Gasteiger partial charge on any atom is 0.308 e. The van der Waals surface area contributed by atoms with Gasteiger partial charge in [-0.25, -0.2) is 0 Å². The highest BCUT2D eigenvalue weighted by molar-refractivity contribution is 5.75. The van der Waals surface area contributed by atoms with Gasteiger partial charge in [0.25, 0.3) is 0 Å². The van der Waals surface area contributed by atoms with Gasteiger partial charge in [0.15, 0.2) is 0 Å². The van der Waals surface area contributed by atoms with Crippen molar-refractivity contribution in [2.24, 2.45) is 17.3 Å². The van der Waals surface area contributed by atoms with Crippen molar-refractivity contribution in [1.82, 2.24) is 0 Å². The third-order valence-electron chi connectivity index (χ3n) is 7.58. The number of carbonyl (C=O) groups is 1. The van der Waals surface area contributed by atoms with E-state index < -0.39 is 0 Å². The molecule has 2 heterocycles. The van der Waals surface area contributed by atoms with Crippen molar-refractivity contribution in [3.8, 4) is 11.5 Å². The standard InChI is InChI=1S/C26H30O4/c1-28-24(27)23-16-19(23)10-11-25-12-14-26(15-13-25,29-18-25)20-6-5-9-22(17-20)30-21-7-3-2-4-8-21/h2-9,17,19,23H,10-16,18H2,1H3. The SMILES string of the molecule is COC(=O)C1CC1CCC12CCC(c3cccc(Oc4ccccc4)c3)(CC1)OC2. The lowest BCUT2D eigenvalue weighted by Crippen LogP contribution is -2.49. The summed E-state index contributed by atoms with van der Waals surface area (Å²) in [5.74, 6) is 2.35. The maximum atomic E-state index is 11.7. The molecule has 2 saturated carbocycles. The first-order valence-corrected chi connectivity index (χ1v) is 11.2. The zero-order valence-electron chi connectivity index (χ0n) is 17.6. The van der Waals surface area contributed by atoms with E-state index in [1.807, 2.05) is 36.4 Å². The van der Waals surface area contributed by atoms with Crippen molar-refractivity contribution in [2.45, 2.75) is 50.5 Å². The van der Waals surface area contributed by atoms with Crippen LogP contribution in [0.15, 0.2) is 54.6 Å². The smallest absolute Gasteiger partial charge is 0.308 e. The van der Waals surface area contributed by atoms with Crippen LogP contribution < -0.4 is 4.74 Å². The van der Waals surface area contributed by atoms with Crippen LogP contribution in [0.4, 0.5) is 0 Å². The first-order chi connectivity index (χ1) is 14.6. The van der Waals surface area contributed by atoms with Crippen molar-refractivity contribution in [2.75, 3.05) is 13.7 Å². The molecule has 2 aliphatic heterocycles. The van der Waals surface area contributed by atoms with Gasteiger partial charge in [0, 0.05) is 0 Å². The minimum absolute atomic E-state index is 0.0299. The molecule has 2 aromatic carbocycles. The topological polar surface area (TPSA) is 44.8 Å². The van der Waals surface area contributed by atoms with E-state index in [9.17, 15) is 4.79 Å². The average molecular weight is 407 g/mol. The number of fused-ring (bicyclic) bond motifs is 3. The van der Waals surface area contributed by atoms with Crippen molar-refractivity contribution in [3.05, 3.63) is 60.2 Å². The fourth-order valence-electron chi connectivity index (χ4n) is 5.42. The molecule has 0 N–H and O–H groups in total. The van der Waals surface area contributed by atoms with Crippen LogP contribution in [0, 0.1) is 17.3 Å². The Bertz CT molecular complexity index is 882. The van der Waals surface area contributed by atoms with E-state index >= 15 is 0 Å². The fraction of sp³-hybridized carbons (Fsp3) is 0.500. The summed E-state index contributed by atoms with van der Waals surface area (Å²) in [4.78, 5) is 11.7. The number of para-hydroxylation sites is 1. The van der Waals surface area contributed by atoms with Gasteiger partial charge in [-0.3, -0.25) is 4.79 Å². The highest BCUT2D eigenvalue weighted by Crippen LogP contribution is 2.57. The average Bonchev–Trinajstić information content (AvgIpc) is 3.59. The molecule has 2 atom stereocenters. The molecular formula is C26H30O4. The second-order valence-corrected chi connectivity index (χ2v) is 9.39. The van der Waals surface area contributed by atoms with Crippen LogP contribution in [0.3, 0.4) is 0 Å². The van der Waals surface area contributed by atoms with E-state index in [0.29, 0.717) is 11.3 Å². The van der Waals surface area contributed by atoms with Crippen LogP contribution in [0.2, 0.25) is 0 Å². The first kappa shape index (κ1) is 19.6. The highest BCUT2D eigenvalue weighted by Gasteiger charge is 2.52. The molecule has 158 valence electrons. The summed E-state index contributed by atoms with van der Waals surface area (Å²) in [6, 6.07) is 18.3. The Morgan fingerprint density at radius 2 is 1.80 bits per heavy atom. The van der Waals surface area contributed by atoms with Crippen molar-refractivity contribution < 1.29 is 19.0 Å². The number of hydrogen-bond donors (Lipinski definition) is 0. The third kappa shape index (κ3) is 3.74. The van der Waals surface area contributed by atoms with Gasteiger partial charge in [-0.2, -0.15) is 0 Å². The second-order valence-electron chi connectivity index (χ2n) is 9.39. The molecule has 4 fully saturated rings. The van der Waals surface area contributed by atoms with Gasteiger partial charge in [-0.15, -0.1) is 0 Å². The lowest BCUT2D eigenvalue weighted by molar-refractivity contribution is -0.192. The molecule has 2 saturated heterocycles. The molecule has 0 amide bonds. The zero-order valence-corrected chi connectivity index (χ0v) is 17.6. The number of methoxy groups -OCH3 is 1. The number of rotatable bonds is 7. The number of hydrogen-bond acceptors (Lipinski definition) is 4. The maximum absolute atomic E-state index is 11.7. The molecule has 2 aliphatic carbocycles. The Hall–Kier alpha value is -2.33. The minimum Gasteiger partial charge on any atom is -0.469 e. The van der Waals surface area contributed by atoms with Crippen LogP contribution in [0.5, 0.6) is 11.5 Å². The lowest BCUT2D eigenvalue weighted by Gasteiger charge is -2.53. The Morgan fingerprint density at radius 3 is 2.50 bits per heavy atom. The summed E-state index contributed by atoms with van der Waals surface area (Å²) in [7, 11) is 1.49. The number of benzene rings is 2. The Kier molecular flexibility index (Phi) is 5.06. The van der Waals surface area contributed by atoms with Crippen LogP contribution in [-0.4, -0.2) is 19.7 Å². The summed E-state index contributed by atoms with van der Waals surface area (Å²) in [5.41, 5.74) is 1.35. The van der Waals surface area contributed by atoms with E-state index in [1.165, 1.54) is 31.9 Å². The summed E-state index contributed by atoms with van der Waals surface area (Å²) >= 11 is 0. The zero-order chi connectivity index (χ0) is 20.6. The van der Waals surface area contributed by atoms with Gasteiger partial charge in [-0.1, -0.05) is 30.3 Å². The van der Waals surface area contributed by atoms with Crippen LogP contribution in [0.25, 0.3) is 0 Å². The van der Waals surface area contributed by atoms with E-state index in [4.69, 9.17) is 14.2 Å². The summed E-state index contributed by atoms with van der Waals surface area (Å²) in [6.07, 6.45) is 7.81. The van der Waals surface area contributed by atoms with E-state index in [1.54, 1.807) is 0 Å². The largest absolute Gasteiger partial charge is 0.469 e.